The van der Waals surface area contributed by atoms with Crippen molar-refractivity contribution in [3.8, 4) is 0 Å². The topological polar surface area (TPSA) is 24.9 Å². The highest BCUT2D eigenvalue weighted by Crippen LogP contribution is 2.29. The summed E-state index contributed by atoms with van der Waals surface area (Å²) < 4.78 is 0.373. The Balaban J connectivity index is 1.99. The second kappa shape index (κ2) is 7.09. The normalized spacial score (nSPS) is 11.9. The molecular formula is C17H24N2S. The standard InChI is InChI=1S/C17H24N2S/c1-4-17(5-2,20-3)13-18-12-14-8-9-16-15(11-14)7-6-10-19-16/h6-11,18H,4-5,12-13H2,1-3H3. The Kier molecular flexibility index (Phi) is 5.44. The average molecular weight is 288 g/mol. The molecule has 20 heavy (non-hydrogen) atoms. The lowest BCUT2D eigenvalue weighted by Gasteiger charge is -2.30. The van der Waals surface area contributed by atoms with Crippen molar-refractivity contribution in [1.82, 2.24) is 10.3 Å². The SMILES string of the molecule is CCC(CC)(CNCc1ccc2ncccc2c1)SC. The van der Waals surface area contributed by atoms with E-state index in [1.165, 1.54) is 23.8 Å². The highest BCUT2D eigenvalue weighted by Gasteiger charge is 2.23. The molecule has 1 heterocycles. The van der Waals surface area contributed by atoms with Gasteiger partial charge in [0.25, 0.3) is 0 Å². The van der Waals surface area contributed by atoms with Gasteiger partial charge < -0.3 is 5.32 Å². The van der Waals surface area contributed by atoms with Crippen molar-refractivity contribution in [3.05, 3.63) is 42.1 Å². The maximum absolute atomic E-state index is 4.36. The van der Waals surface area contributed by atoms with E-state index in [0.29, 0.717) is 4.75 Å². The van der Waals surface area contributed by atoms with Gasteiger partial charge in [-0.1, -0.05) is 26.0 Å². The van der Waals surface area contributed by atoms with Crippen LogP contribution < -0.4 is 5.32 Å². The monoisotopic (exact) mass is 288 g/mol. The Bertz CT molecular complexity index is 541. The number of fused-ring (bicyclic) bond motifs is 1. The van der Waals surface area contributed by atoms with E-state index in [0.717, 1.165) is 18.6 Å². The van der Waals surface area contributed by atoms with Crippen LogP contribution in [0.5, 0.6) is 0 Å². The van der Waals surface area contributed by atoms with Gasteiger partial charge in [0.05, 0.1) is 5.52 Å². The first kappa shape index (κ1) is 15.3. The quantitative estimate of drug-likeness (QED) is 0.824. The van der Waals surface area contributed by atoms with Crippen LogP contribution in [-0.4, -0.2) is 22.5 Å². The first-order valence-electron chi connectivity index (χ1n) is 7.32. The zero-order valence-corrected chi connectivity index (χ0v) is 13.5. The van der Waals surface area contributed by atoms with E-state index >= 15 is 0 Å². The molecule has 0 saturated heterocycles. The van der Waals surface area contributed by atoms with E-state index in [1.807, 2.05) is 24.0 Å². The molecule has 1 N–H and O–H groups in total. The Morgan fingerprint density at radius 2 is 2.00 bits per heavy atom. The van der Waals surface area contributed by atoms with Gasteiger partial charge in [0.2, 0.25) is 0 Å². The summed E-state index contributed by atoms with van der Waals surface area (Å²) in [5.41, 5.74) is 2.39. The largest absolute Gasteiger partial charge is 0.311 e. The predicted molar refractivity (Wildman–Crippen MR) is 90.3 cm³/mol. The lowest BCUT2D eigenvalue weighted by atomic mass is 10.0. The lowest BCUT2D eigenvalue weighted by Crippen LogP contribution is -2.36. The van der Waals surface area contributed by atoms with Gasteiger partial charge in [-0.3, -0.25) is 4.98 Å². The summed E-state index contributed by atoms with van der Waals surface area (Å²) in [5.74, 6) is 0. The molecule has 0 radical (unpaired) electrons. The van der Waals surface area contributed by atoms with Gasteiger partial charge >= 0.3 is 0 Å². The van der Waals surface area contributed by atoms with Gasteiger partial charge in [-0.25, -0.2) is 0 Å². The fourth-order valence-corrected chi connectivity index (χ4v) is 3.35. The minimum atomic E-state index is 0.373. The lowest BCUT2D eigenvalue weighted by molar-refractivity contribution is 0.495. The van der Waals surface area contributed by atoms with Crippen LogP contribution in [0.2, 0.25) is 0 Å². The van der Waals surface area contributed by atoms with Gasteiger partial charge in [0.15, 0.2) is 0 Å². The predicted octanol–water partition coefficient (Wildman–Crippen LogP) is 4.25. The van der Waals surface area contributed by atoms with E-state index in [2.05, 4.69) is 54.7 Å². The van der Waals surface area contributed by atoms with Crippen LogP contribution in [-0.2, 0) is 6.54 Å². The molecule has 2 nitrogen and oxygen atoms in total. The molecule has 3 heteroatoms. The second-order valence-corrected chi connectivity index (χ2v) is 6.50. The van der Waals surface area contributed by atoms with E-state index in [1.54, 1.807) is 0 Å². The number of thioether (sulfide) groups is 1. The van der Waals surface area contributed by atoms with Gasteiger partial charge in [0, 0.05) is 29.4 Å². The molecule has 1 aromatic heterocycles. The molecule has 0 aliphatic carbocycles. The first-order valence-corrected chi connectivity index (χ1v) is 8.55. The zero-order chi connectivity index (χ0) is 14.4. The maximum Gasteiger partial charge on any atom is 0.0702 e. The number of hydrogen-bond donors (Lipinski definition) is 1. The number of aromatic nitrogens is 1. The smallest absolute Gasteiger partial charge is 0.0702 e. The van der Waals surface area contributed by atoms with Gasteiger partial charge in [-0.05, 0) is 42.9 Å². The van der Waals surface area contributed by atoms with Gasteiger partial charge in [-0.2, -0.15) is 11.8 Å². The van der Waals surface area contributed by atoms with Crippen LogP contribution in [0, 0.1) is 0 Å². The molecule has 1 aromatic carbocycles. The molecule has 0 fully saturated rings. The highest BCUT2D eigenvalue weighted by molar-refractivity contribution is 8.00. The van der Waals surface area contributed by atoms with Crippen LogP contribution in [0.1, 0.15) is 32.3 Å². The van der Waals surface area contributed by atoms with E-state index in [4.69, 9.17) is 0 Å². The van der Waals surface area contributed by atoms with Crippen molar-refractivity contribution in [2.24, 2.45) is 0 Å². The number of benzene rings is 1. The minimum absolute atomic E-state index is 0.373. The summed E-state index contributed by atoms with van der Waals surface area (Å²) >= 11 is 1.98. The number of nitrogens with zero attached hydrogens (tertiary/aromatic N) is 1. The zero-order valence-electron chi connectivity index (χ0n) is 12.6. The molecule has 0 amide bonds. The molecule has 0 aliphatic rings. The summed E-state index contributed by atoms with van der Waals surface area (Å²) in [6.45, 7) is 6.55. The van der Waals surface area contributed by atoms with E-state index in [9.17, 15) is 0 Å². The molecule has 0 spiro atoms. The van der Waals surface area contributed by atoms with Crippen molar-refractivity contribution in [3.63, 3.8) is 0 Å². The molecule has 2 aromatic rings. The fourth-order valence-electron chi connectivity index (χ4n) is 2.53. The Labute approximate surface area is 126 Å². The number of nitrogens with one attached hydrogen (secondary N) is 1. The van der Waals surface area contributed by atoms with Crippen LogP contribution in [0.4, 0.5) is 0 Å². The summed E-state index contributed by atoms with van der Waals surface area (Å²) in [6, 6.07) is 10.6. The third kappa shape index (κ3) is 3.53. The van der Waals surface area contributed by atoms with Crippen molar-refractivity contribution >= 4 is 22.7 Å². The van der Waals surface area contributed by atoms with Gasteiger partial charge in [0.1, 0.15) is 0 Å². The molecule has 2 rings (SSSR count). The van der Waals surface area contributed by atoms with Crippen LogP contribution in [0.3, 0.4) is 0 Å². The maximum atomic E-state index is 4.36. The van der Waals surface area contributed by atoms with Crippen molar-refractivity contribution in [2.45, 2.75) is 38.0 Å². The van der Waals surface area contributed by atoms with Crippen molar-refractivity contribution in [1.29, 1.82) is 0 Å². The Morgan fingerprint density at radius 1 is 1.20 bits per heavy atom. The summed E-state index contributed by atoms with van der Waals surface area (Å²) in [5, 5.41) is 4.84. The molecule has 0 atom stereocenters. The van der Waals surface area contributed by atoms with Crippen LogP contribution in [0.15, 0.2) is 36.5 Å². The number of pyridine rings is 1. The minimum Gasteiger partial charge on any atom is -0.311 e. The molecule has 0 unspecified atom stereocenters. The summed E-state index contributed by atoms with van der Waals surface area (Å²) in [6.07, 6.45) is 6.48. The molecule has 0 bridgehead atoms. The summed E-state index contributed by atoms with van der Waals surface area (Å²) in [4.78, 5) is 4.36. The Hall–Kier alpha value is -1.06. The average Bonchev–Trinajstić information content (AvgIpc) is 2.52. The molecule has 108 valence electrons. The van der Waals surface area contributed by atoms with E-state index in [-0.39, 0.29) is 0 Å². The molecule has 0 aliphatic heterocycles. The summed E-state index contributed by atoms with van der Waals surface area (Å²) in [7, 11) is 0. The number of rotatable bonds is 7. The van der Waals surface area contributed by atoms with Crippen molar-refractivity contribution < 1.29 is 0 Å². The van der Waals surface area contributed by atoms with E-state index < -0.39 is 0 Å². The van der Waals surface area contributed by atoms with Gasteiger partial charge in [-0.15, -0.1) is 0 Å². The number of hydrogen-bond acceptors (Lipinski definition) is 3. The molecular weight excluding hydrogens is 264 g/mol. The van der Waals surface area contributed by atoms with Crippen LogP contribution in [0.25, 0.3) is 10.9 Å². The second-order valence-electron chi connectivity index (χ2n) is 5.23. The third-order valence-corrected chi connectivity index (χ3v) is 5.75. The molecule has 0 saturated carbocycles. The third-order valence-electron chi connectivity index (χ3n) is 4.17. The first-order chi connectivity index (χ1) is 9.73. The van der Waals surface area contributed by atoms with Crippen molar-refractivity contribution in [2.75, 3.05) is 12.8 Å². The Morgan fingerprint density at radius 3 is 2.70 bits per heavy atom. The van der Waals surface area contributed by atoms with Crippen LogP contribution >= 0.6 is 11.8 Å². The fraction of sp³-hybridized carbons (Fsp3) is 0.471. The highest BCUT2D eigenvalue weighted by atomic mass is 32.2.